The molecule has 0 aliphatic carbocycles. The maximum absolute atomic E-state index is 13.5. The number of carbonyl (C=O) groups excluding carboxylic acids is 1. The Labute approximate surface area is 192 Å². The number of sulfonamides is 1. The minimum Gasteiger partial charge on any atom is -0.320 e. The normalized spacial score (nSPS) is 17.3. The highest BCUT2D eigenvalue weighted by Gasteiger charge is 2.34. The lowest BCUT2D eigenvalue weighted by atomic mass is 10.0. The average Bonchev–Trinajstić information content (AvgIpc) is 3.24. The number of piperidine rings is 1. The molecule has 1 aliphatic heterocycles. The predicted molar refractivity (Wildman–Crippen MR) is 126 cm³/mol. The third kappa shape index (κ3) is 4.60. The maximum atomic E-state index is 13.5. The monoisotopic (exact) mass is 470 g/mol. The molecule has 1 atom stereocenters. The molecule has 0 saturated carbocycles. The van der Waals surface area contributed by atoms with Crippen molar-refractivity contribution in [1.29, 1.82) is 0 Å². The number of aryl methyl sites for hydroxylation is 3. The minimum atomic E-state index is -3.62. The molecule has 1 N–H and O–H groups in total. The standard InChI is InChI=1S/C23H26N4O3S2/c1-15-12-16(2)20(17(3)13-15)32(29,30)27-11-7-8-18(14-27)22-25-26-23(31-22)21(28)24-19-9-5-4-6-10-19/h4-6,9-10,12-13,18H,7-8,11,14H2,1-3H3,(H,24,28). The molecule has 1 saturated heterocycles. The second-order valence-electron chi connectivity index (χ2n) is 8.20. The Hall–Kier alpha value is -2.62. The van der Waals surface area contributed by atoms with Gasteiger partial charge in [0.1, 0.15) is 5.01 Å². The number of nitrogens with one attached hydrogen (secondary N) is 1. The van der Waals surface area contributed by atoms with Gasteiger partial charge in [-0.25, -0.2) is 8.42 Å². The summed E-state index contributed by atoms with van der Waals surface area (Å²) < 4.78 is 28.5. The predicted octanol–water partition coefficient (Wildman–Crippen LogP) is 4.28. The van der Waals surface area contributed by atoms with Crippen molar-refractivity contribution < 1.29 is 13.2 Å². The average molecular weight is 471 g/mol. The lowest BCUT2D eigenvalue weighted by Crippen LogP contribution is -2.39. The van der Waals surface area contributed by atoms with Gasteiger partial charge in [0.2, 0.25) is 15.0 Å². The van der Waals surface area contributed by atoms with Gasteiger partial charge in [-0.05, 0) is 56.9 Å². The molecule has 1 aliphatic rings. The van der Waals surface area contributed by atoms with Crippen LogP contribution in [0.15, 0.2) is 47.4 Å². The van der Waals surface area contributed by atoms with E-state index >= 15 is 0 Å². The molecule has 1 fully saturated rings. The lowest BCUT2D eigenvalue weighted by molar-refractivity contribution is 0.102. The molecule has 0 spiro atoms. The van der Waals surface area contributed by atoms with Crippen LogP contribution in [0.1, 0.15) is 50.3 Å². The smallest absolute Gasteiger partial charge is 0.286 e. The molecular formula is C23H26N4O3S2. The Morgan fingerprint density at radius 1 is 1.09 bits per heavy atom. The summed E-state index contributed by atoms with van der Waals surface area (Å²) in [7, 11) is -3.62. The van der Waals surface area contributed by atoms with Crippen molar-refractivity contribution in [3.05, 3.63) is 69.2 Å². The van der Waals surface area contributed by atoms with Gasteiger partial charge in [-0.15, -0.1) is 10.2 Å². The third-order valence-electron chi connectivity index (χ3n) is 5.60. The van der Waals surface area contributed by atoms with Crippen LogP contribution < -0.4 is 5.32 Å². The topological polar surface area (TPSA) is 92.3 Å². The third-order valence-corrected chi connectivity index (χ3v) is 8.86. The van der Waals surface area contributed by atoms with Gasteiger partial charge in [0.05, 0.1) is 4.90 Å². The number of para-hydroxylation sites is 1. The van der Waals surface area contributed by atoms with Crippen molar-refractivity contribution in [3.8, 4) is 0 Å². The van der Waals surface area contributed by atoms with Gasteiger partial charge in [0.15, 0.2) is 0 Å². The summed E-state index contributed by atoms with van der Waals surface area (Å²) in [5.41, 5.74) is 3.26. The molecule has 168 valence electrons. The van der Waals surface area contributed by atoms with Gasteiger partial charge >= 0.3 is 0 Å². The van der Waals surface area contributed by atoms with Crippen LogP contribution in [-0.2, 0) is 10.0 Å². The van der Waals surface area contributed by atoms with Crippen molar-refractivity contribution in [2.45, 2.75) is 44.4 Å². The number of hydrogen-bond donors (Lipinski definition) is 1. The molecule has 4 rings (SSSR count). The molecule has 9 heteroatoms. The Morgan fingerprint density at radius 3 is 2.47 bits per heavy atom. The Bertz CT molecular complexity index is 1220. The van der Waals surface area contributed by atoms with E-state index in [0.29, 0.717) is 28.7 Å². The summed E-state index contributed by atoms with van der Waals surface area (Å²) in [4.78, 5) is 12.9. The molecule has 2 heterocycles. The van der Waals surface area contributed by atoms with Crippen molar-refractivity contribution in [3.63, 3.8) is 0 Å². The number of carbonyl (C=O) groups is 1. The first-order valence-electron chi connectivity index (χ1n) is 10.5. The first-order valence-corrected chi connectivity index (χ1v) is 12.8. The number of rotatable bonds is 5. The number of hydrogen-bond acceptors (Lipinski definition) is 6. The number of benzene rings is 2. The summed E-state index contributed by atoms with van der Waals surface area (Å²) in [6.07, 6.45) is 1.55. The van der Waals surface area contributed by atoms with E-state index in [1.165, 1.54) is 11.3 Å². The first kappa shape index (κ1) is 22.6. The van der Waals surface area contributed by atoms with Crippen LogP contribution in [0.2, 0.25) is 0 Å². The zero-order valence-electron chi connectivity index (χ0n) is 18.3. The highest BCUT2D eigenvalue weighted by Crippen LogP contribution is 2.33. The van der Waals surface area contributed by atoms with Crippen LogP contribution >= 0.6 is 11.3 Å². The lowest BCUT2D eigenvalue weighted by Gasteiger charge is -2.31. The van der Waals surface area contributed by atoms with Crippen LogP contribution in [0.4, 0.5) is 5.69 Å². The molecule has 1 aromatic heterocycles. The quantitative estimate of drug-likeness (QED) is 0.601. The fourth-order valence-corrected chi connectivity index (χ4v) is 7.06. The van der Waals surface area contributed by atoms with E-state index in [2.05, 4.69) is 15.5 Å². The van der Waals surface area contributed by atoms with Crippen LogP contribution in [-0.4, -0.2) is 41.9 Å². The Morgan fingerprint density at radius 2 is 1.78 bits per heavy atom. The van der Waals surface area contributed by atoms with Gasteiger partial charge in [-0.2, -0.15) is 4.31 Å². The number of amides is 1. The van der Waals surface area contributed by atoms with Gasteiger partial charge in [-0.3, -0.25) is 4.79 Å². The molecular weight excluding hydrogens is 444 g/mol. The highest BCUT2D eigenvalue weighted by molar-refractivity contribution is 7.89. The Kier molecular flexibility index (Phi) is 6.41. The second kappa shape index (κ2) is 9.09. The number of anilines is 1. The maximum Gasteiger partial charge on any atom is 0.286 e. The second-order valence-corrected chi connectivity index (χ2v) is 11.1. The van der Waals surface area contributed by atoms with E-state index in [4.69, 9.17) is 0 Å². The molecule has 1 unspecified atom stereocenters. The summed E-state index contributed by atoms with van der Waals surface area (Å²) in [5, 5.41) is 12.1. The van der Waals surface area contributed by atoms with Crippen molar-refractivity contribution in [2.24, 2.45) is 0 Å². The first-order chi connectivity index (χ1) is 15.3. The molecule has 7 nitrogen and oxygen atoms in total. The van der Waals surface area contributed by atoms with E-state index in [9.17, 15) is 13.2 Å². The molecule has 32 heavy (non-hydrogen) atoms. The van der Waals surface area contributed by atoms with Crippen LogP contribution in [0.25, 0.3) is 0 Å². The van der Waals surface area contributed by atoms with Crippen molar-refractivity contribution in [1.82, 2.24) is 14.5 Å². The minimum absolute atomic E-state index is 0.0830. The van der Waals surface area contributed by atoms with Crippen LogP contribution in [0, 0.1) is 20.8 Å². The SMILES string of the molecule is Cc1cc(C)c(S(=O)(=O)N2CCCC(c3nnc(C(=O)Nc4ccccc4)s3)C2)c(C)c1. The summed E-state index contributed by atoms with van der Waals surface area (Å²) in [6.45, 7) is 6.47. The molecule has 1 amide bonds. The number of aromatic nitrogens is 2. The van der Waals surface area contributed by atoms with Crippen LogP contribution in [0.3, 0.4) is 0 Å². The highest BCUT2D eigenvalue weighted by atomic mass is 32.2. The van der Waals surface area contributed by atoms with Crippen molar-refractivity contribution in [2.75, 3.05) is 18.4 Å². The van der Waals surface area contributed by atoms with E-state index in [0.717, 1.165) is 29.5 Å². The summed E-state index contributed by atoms with van der Waals surface area (Å²) >= 11 is 1.23. The van der Waals surface area contributed by atoms with Gasteiger partial charge in [0.25, 0.3) is 5.91 Å². The molecule has 0 radical (unpaired) electrons. The molecule has 2 aromatic carbocycles. The van der Waals surface area contributed by atoms with E-state index in [-0.39, 0.29) is 16.8 Å². The van der Waals surface area contributed by atoms with E-state index in [1.807, 2.05) is 51.1 Å². The Balaban J connectivity index is 1.52. The zero-order chi connectivity index (χ0) is 22.9. The van der Waals surface area contributed by atoms with Gasteiger partial charge in [0, 0.05) is 24.7 Å². The fraction of sp³-hybridized carbons (Fsp3) is 0.348. The van der Waals surface area contributed by atoms with E-state index in [1.54, 1.807) is 16.4 Å². The van der Waals surface area contributed by atoms with E-state index < -0.39 is 10.0 Å². The number of nitrogens with zero attached hydrogens (tertiary/aromatic N) is 3. The molecule has 0 bridgehead atoms. The largest absolute Gasteiger partial charge is 0.320 e. The summed E-state index contributed by atoms with van der Waals surface area (Å²) in [6, 6.07) is 13.0. The van der Waals surface area contributed by atoms with Gasteiger partial charge < -0.3 is 5.32 Å². The van der Waals surface area contributed by atoms with Gasteiger partial charge in [-0.1, -0.05) is 47.2 Å². The fourth-order valence-electron chi connectivity index (χ4n) is 4.26. The molecule has 3 aromatic rings. The zero-order valence-corrected chi connectivity index (χ0v) is 20.0. The van der Waals surface area contributed by atoms with Crippen molar-refractivity contribution >= 4 is 33.0 Å². The van der Waals surface area contributed by atoms with Crippen LogP contribution in [0.5, 0.6) is 0 Å². The summed E-state index contributed by atoms with van der Waals surface area (Å²) in [5.74, 6) is -0.397.